The van der Waals surface area contributed by atoms with Crippen LogP contribution in [0.4, 0.5) is 26.3 Å². The second kappa shape index (κ2) is 11.4. The van der Waals surface area contributed by atoms with E-state index in [9.17, 15) is 31.1 Å². The molecule has 0 saturated carbocycles. The zero-order valence-electron chi connectivity index (χ0n) is 18.2. The van der Waals surface area contributed by atoms with Gasteiger partial charge in [0.15, 0.2) is 41.5 Å². The van der Waals surface area contributed by atoms with Crippen LogP contribution in [0.2, 0.25) is 0 Å². The smallest absolute Gasteiger partial charge is 0.341 e. The third-order valence-corrected chi connectivity index (χ3v) is 5.87. The Morgan fingerprint density at radius 3 is 1.97 bits per heavy atom. The van der Waals surface area contributed by atoms with Crippen molar-refractivity contribution in [1.82, 2.24) is 0 Å². The number of carbonyl (C=O) groups is 1. The van der Waals surface area contributed by atoms with E-state index >= 15 is 0 Å². The lowest BCUT2D eigenvalue weighted by molar-refractivity contribution is -0.139. The van der Waals surface area contributed by atoms with E-state index in [1.54, 1.807) is 18.2 Å². The van der Waals surface area contributed by atoms with Crippen molar-refractivity contribution in [1.29, 1.82) is 0 Å². The summed E-state index contributed by atoms with van der Waals surface area (Å²) in [6.07, 6.45) is 1.82. The summed E-state index contributed by atoms with van der Waals surface area (Å²) in [7, 11) is 0. The van der Waals surface area contributed by atoms with Crippen molar-refractivity contribution in [3.05, 3.63) is 100 Å². The Morgan fingerprint density at radius 1 is 0.886 bits per heavy atom. The average Bonchev–Trinajstić information content (AvgIpc) is 2.84. The molecule has 0 aliphatic heterocycles. The first kappa shape index (κ1) is 26.2. The van der Waals surface area contributed by atoms with Crippen molar-refractivity contribution in [3.8, 4) is 5.75 Å². The zero-order valence-corrected chi connectivity index (χ0v) is 19.0. The van der Waals surface area contributed by atoms with Crippen molar-refractivity contribution in [2.45, 2.75) is 18.2 Å². The number of ether oxygens (including phenoxy) is 1. The molecule has 0 aliphatic rings. The van der Waals surface area contributed by atoms with Gasteiger partial charge in [0.1, 0.15) is 5.75 Å². The first-order valence-electron chi connectivity index (χ1n) is 10.2. The number of rotatable bonds is 9. The molecule has 3 aromatic rings. The fourth-order valence-corrected chi connectivity index (χ4v) is 4.09. The number of carboxylic acids is 1. The van der Waals surface area contributed by atoms with E-state index in [4.69, 9.17) is 9.84 Å². The standard InChI is InChI=1S/C25H18F6O3S/c1-2-13-11-14(3-8-20(13)34-12-21(32)33)35-10-9-15(16-4-6-18(26)24(30)22(16)28)17-5-7-19(27)25(31)23(17)29/h3-9,11H,2,10,12H2,1H3,(H,32,33). The summed E-state index contributed by atoms with van der Waals surface area (Å²) in [6.45, 7) is 1.33. The molecule has 184 valence electrons. The number of benzene rings is 3. The maximum absolute atomic E-state index is 14.5. The third-order valence-electron chi connectivity index (χ3n) is 4.95. The molecule has 3 aromatic carbocycles. The molecule has 0 atom stereocenters. The van der Waals surface area contributed by atoms with Gasteiger partial charge >= 0.3 is 5.97 Å². The molecule has 0 fully saturated rings. The topological polar surface area (TPSA) is 46.5 Å². The molecular weight excluding hydrogens is 494 g/mol. The molecular formula is C25H18F6O3S. The van der Waals surface area contributed by atoms with Crippen molar-refractivity contribution in [2.24, 2.45) is 0 Å². The van der Waals surface area contributed by atoms with Gasteiger partial charge in [0.25, 0.3) is 0 Å². The van der Waals surface area contributed by atoms with Crippen molar-refractivity contribution < 1.29 is 41.0 Å². The molecule has 0 aromatic heterocycles. The quantitative estimate of drug-likeness (QED) is 0.195. The van der Waals surface area contributed by atoms with E-state index in [0.29, 0.717) is 29.2 Å². The molecule has 0 saturated heterocycles. The van der Waals surface area contributed by atoms with Gasteiger partial charge in [-0.1, -0.05) is 13.0 Å². The van der Waals surface area contributed by atoms with Gasteiger partial charge in [-0.15, -0.1) is 11.8 Å². The summed E-state index contributed by atoms with van der Waals surface area (Å²) in [5.74, 6) is -10.4. The van der Waals surface area contributed by atoms with Crippen LogP contribution in [-0.2, 0) is 11.2 Å². The van der Waals surface area contributed by atoms with Crippen molar-refractivity contribution in [3.63, 3.8) is 0 Å². The minimum atomic E-state index is -1.78. The van der Waals surface area contributed by atoms with Gasteiger partial charge in [-0.25, -0.2) is 31.1 Å². The molecule has 3 nitrogen and oxygen atoms in total. The van der Waals surface area contributed by atoms with E-state index in [1.807, 2.05) is 6.92 Å². The molecule has 0 amide bonds. The Bertz CT molecular complexity index is 1230. The molecule has 0 heterocycles. The number of aliphatic carboxylic acids is 1. The Hall–Kier alpha value is -3.40. The number of carboxylic acid groups (broad SMARTS) is 1. The predicted molar refractivity (Wildman–Crippen MR) is 119 cm³/mol. The molecule has 0 aliphatic carbocycles. The highest BCUT2D eigenvalue weighted by molar-refractivity contribution is 7.99. The van der Waals surface area contributed by atoms with Gasteiger partial charge in [-0.2, -0.15) is 0 Å². The third kappa shape index (κ3) is 6.00. The molecule has 0 radical (unpaired) electrons. The summed E-state index contributed by atoms with van der Waals surface area (Å²) in [4.78, 5) is 11.4. The first-order valence-corrected chi connectivity index (χ1v) is 11.2. The van der Waals surface area contributed by atoms with Crippen molar-refractivity contribution in [2.75, 3.05) is 12.4 Å². The van der Waals surface area contributed by atoms with Crippen molar-refractivity contribution >= 4 is 23.3 Å². The highest BCUT2D eigenvalue weighted by Gasteiger charge is 2.22. The van der Waals surface area contributed by atoms with Gasteiger partial charge in [0.2, 0.25) is 0 Å². The lowest BCUT2D eigenvalue weighted by atomic mass is 9.96. The Balaban J connectivity index is 1.96. The molecule has 0 bridgehead atoms. The maximum atomic E-state index is 14.5. The number of halogens is 6. The minimum Gasteiger partial charge on any atom is -0.482 e. The van der Waals surface area contributed by atoms with Crippen LogP contribution in [-0.4, -0.2) is 23.4 Å². The summed E-state index contributed by atoms with van der Waals surface area (Å²) in [6, 6.07) is 8.03. The highest BCUT2D eigenvalue weighted by atomic mass is 32.2. The van der Waals surface area contributed by atoms with E-state index < -0.39 is 58.6 Å². The summed E-state index contributed by atoms with van der Waals surface area (Å²) in [5, 5.41) is 8.78. The van der Waals surface area contributed by atoms with E-state index in [-0.39, 0.29) is 11.3 Å². The maximum Gasteiger partial charge on any atom is 0.341 e. The number of hydrogen-bond donors (Lipinski definition) is 1. The van der Waals surface area contributed by atoms with Crippen LogP contribution >= 0.6 is 11.8 Å². The summed E-state index contributed by atoms with van der Waals surface area (Å²) < 4.78 is 88.9. The molecule has 3 rings (SSSR count). The van der Waals surface area contributed by atoms with E-state index in [1.165, 1.54) is 17.8 Å². The van der Waals surface area contributed by atoms with Gasteiger partial charge in [-0.3, -0.25) is 0 Å². The SMILES string of the molecule is CCc1cc(SCC=C(c2ccc(F)c(F)c2F)c2ccc(F)c(F)c2F)ccc1OCC(=O)O. The monoisotopic (exact) mass is 512 g/mol. The predicted octanol–water partition coefficient (Wildman–Crippen LogP) is 6.77. The fraction of sp³-hybridized carbons (Fsp3) is 0.160. The van der Waals surface area contributed by atoms with Crippen LogP contribution in [0.25, 0.3) is 5.57 Å². The molecule has 35 heavy (non-hydrogen) atoms. The Morgan fingerprint density at radius 2 is 1.46 bits per heavy atom. The van der Waals surface area contributed by atoms with Gasteiger partial charge < -0.3 is 9.84 Å². The fourth-order valence-electron chi connectivity index (χ4n) is 3.26. The minimum absolute atomic E-state index is 0.0602. The lowest BCUT2D eigenvalue weighted by Crippen LogP contribution is -2.10. The van der Waals surface area contributed by atoms with Gasteiger partial charge in [-0.05, 0) is 60.0 Å². The van der Waals surface area contributed by atoms with Crippen LogP contribution in [0.3, 0.4) is 0 Å². The largest absolute Gasteiger partial charge is 0.482 e. The molecule has 0 spiro atoms. The van der Waals surface area contributed by atoms with E-state index in [2.05, 4.69) is 0 Å². The van der Waals surface area contributed by atoms with Crippen LogP contribution in [0.15, 0.2) is 53.4 Å². The molecule has 10 heteroatoms. The Kier molecular flexibility index (Phi) is 8.50. The summed E-state index contributed by atoms with van der Waals surface area (Å²) >= 11 is 1.20. The lowest BCUT2D eigenvalue weighted by Gasteiger charge is -2.13. The summed E-state index contributed by atoms with van der Waals surface area (Å²) in [5.41, 5.74) is -0.622. The first-order chi connectivity index (χ1) is 16.6. The van der Waals surface area contributed by atoms with Crippen LogP contribution in [0.1, 0.15) is 23.6 Å². The Labute approximate surface area is 201 Å². The van der Waals surface area contributed by atoms with Gasteiger partial charge in [0.05, 0.1) is 0 Å². The van der Waals surface area contributed by atoms with Crippen LogP contribution in [0.5, 0.6) is 5.75 Å². The second-order valence-corrected chi connectivity index (χ2v) is 8.27. The number of aryl methyl sites for hydroxylation is 1. The molecule has 0 unspecified atom stereocenters. The van der Waals surface area contributed by atoms with E-state index in [0.717, 1.165) is 17.7 Å². The second-order valence-electron chi connectivity index (χ2n) is 7.18. The van der Waals surface area contributed by atoms with Crippen LogP contribution < -0.4 is 4.74 Å². The molecule has 1 N–H and O–H groups in total. The van der Waals surface area contributed by atoms with Gasteiger partial charge in [0, 0.05) is 21.8 Å². The highest BCUT2D eigenvalue weighted by Crippen LogP contribution is 2.33. The zero-order chi connectivity index (χ0) is 25.7. The normalized spacial score (nSPS) is 10.8. The average molecular weight is 512 g/mol. The number of hydrogen-bond acceptors (Lipinski definition) is 3. The van der Waals surface area contributed by atoms with Crippen LogP contribution in [0, 0.1) is 34.9 Å². The number of thioether (sulfide) groups is 1.